The van der Waals surface area contributed by atoms with Gasteiger partial charge in [0.2, 0.25) is 0 Å². The minimum atomic E-state index is 1.03. The van der Waals surface area contributed by atoms with Crippen LogP contribution in [0.25, 0.3) is 11.6 Å². The Hall–Kier alpha value is -1.89. The summed E-state index contributed by atoms with van der Waals surface area (Å²) in [5.74, 6) is 0. The highest BCUT2D eigenvalue weighted by molar-refractivity contribution is 5.80. The van der Waals surface area contributed by atoms with Crippen molar-refractivity contribution in [2.45, 2.75) is 26.2 Å². The van der Waals surface area contributed by atoms with Crippen molar-refractivity contribution in [2.75, 3.05) is 0 Å². The molecule has 0 saturated carbocycles. The number of nitrogens with zero attached hydrogens (tertiary/aromatic N) is 1. The van der Waals surface area contributed by atoms with E-state index in [0.29, 0.717) is 0 Å². The first-order valence-electron chi connectivity index (χ1n) is 6.57. The van der Waals surface area contributed by atoms with Crippen molar-refractivity contribution in [2.24, 2.45) is 0 Å². The van der Waals surface area contributed by atoms with Gasteiger partial charge < -0.3 is 0 Å². The van der Waals surface area contributed by atoms with Gasteiger partial charge in [-0.25, -0.2) is 0 Å². The van der Waals surface area contributed by atoms with Crippen molar-refractivity contribution in [1.82, 2.24) is 4.98 Å². The highest BCUT2D eigenvalue weighted by Crippen LogP contribution is 2.22. The number of unbranched alkanes of at least 4 members (excludes halogenated alkanes) is 1. The van der Waals surface area contributed by atoms with E-state index in [4.69, 9.17) is 0 Å². The van der Waals surface area contributed by atoms with Crippen LogP contribution in [0.3, 0.4) is 0 Å². The molecule has 0 atom stereocenters. The molecule has 0 saturated heterocycles. The summed E-state index contributed by atoms with van der Waals surface area (Å²) in [4.78, 5) is 4.38. The Bertz CT molecular complexity index is 486. The Morgan fingerprint density at radius 2 is 1.83 bits per heavy atom. The highest BCUT2D eigenvalue weighted by atomic mass is 14.6. The lowest BCUT2D eigenvalue weighted by atomic mass is 9.99. The molecule has 2 aromatic rings. The minimum Gasteiger partial charge on any atom is -0.257 e. The molecule has 1 nitrogen and oxygen atoms in total. The normalized spacial score (nSPS) is 11.5. The molecular weight excluding hydrogens is 218 g/mol. The van der Waals surface area contributed by atoms with Gasteiger partial charge in [0.05, 0.1) is 5.69 Å². The smallest absolute Gasteiger partial charge is 0.0632 e. The molecule has 0 spiro atoms. The summed E-state index contributed by atoms with van der Waals surface area (Å²) in [7, 11) is 0. The maximum absolute atomic E-state index is 4.38. The van der Waals surface area contributed by atoms with Crippen LogP contribution in [0.15, 0.2) is 54.7 Å². The van der Waals surface area contributed by atoms with Gasteiger partial charge in [-0.3, -0.25) is 4.98 Å². The van der Waals surface area contributed by atoms with E-state index in [0.717, 1.165) is 12.1 Å². The quantitative estimate of drug-likeness (QED) is 0.727. The van der Waals surface area contributed by atoms with E-state index in [2.05, 4.69) is 54.4 Å². The SMILES string of the molecule is CCCC/C(=C\c1ccccn1)c1ccccc1. The van der Waals surface area contributed by atoms with Gasteiger partial charge >= 0.3 is 0 Å². The molecule has 92 valence electrons. The van der Waals surface area contributed by atoms with Gasteiger partial charge in [0.1, 0.15) is 0 Å². The van der Waals surface area contributed by atoms with E-state index < -0.39 is 0 Å². The fraction of sp³-hybridized carbons (Fsp3) is 0.235. The van der Waals surface area contributed by atoms with Gasteiger partial charge in [-0.15, -0.1) is 0 Å². The van der Waals surface area contributed by atoms with E-state index in [9.17, 15) is 0 Å². The maximum Gasteiger partial charge on any atom is 0.0632 e. The molecule has 1 heterocycles. The minimum absolute atomic E-state index is 1.03. The zero-order chi connectivity index (χ0) is 12.6. The second-order valence-electron chi connectivity index (χ2n) is 4.39. The molecule has 0 fully saturated rings. The van der Waals surface area contributed by atoms with Gasteiger partial charge in [-0.05, 0) is 42.2 Å². The zero-order valence-corrected chi connectivity index (χ0v) is 10.8. The molecule has 1 aromatic heterocycles. The van der Waals surface area contributed by atoms with Crippen molar-refractivity contribution < 1.29 is 0 Å². The summed E-state index contributed by atoms with van der Waals surface area (Å²) >= 11 is 0. The Labute approximate surface area is 109 Å². The first kappa shape index (κ1) is 12.6. The third-order valence-electron chi connectivity index (χ3n) is 2.95. The van der Waals surface area contributed by atoms with E-state index in [1.165, 1.54) is 24.0 Å². The highest BCUT2D eigenvalue weighted by Gasteiger charge is 2.01. The van der Waals surface area contributed by atoms with E-state index in [1.807, 2.05) is 18.3 Å². The Kier molecular flexibility index (Phi) is 4.71. The summed E-state index contributed by atoms with van der Waals surface area (Å²) in [6.07, 6.45) is 7.58. The fourth-order valence-corrected chi connectivity index (χ4v) is 1.96. The van der Waals surface area contributed by atoms with E-state index >= 15 is 0 Å². The second kappa shape index (κ2) is 6.75. The van der Waals surface area contributed by atoms with Gasteiger partial charge in [-0.2, -0.15) is 0 Å². The first-order valence-corrected chi connectivity index (χ1v) is 6.57. The van der Waals surface area contributed by atoms with E-state index in [-0.39, 0.29) is 0 Å². The predicted molar refractivity (Wildman–Crippen MR) is 78.1 cm³/mol. The monoisotopic (exact) mass is 237 g/mol. The molecule has 0 aliphatic carbocycles. The number of hydrogen-bond acceptors (Lipinski definition) is 1. The van der Waals surface area contributed by atoms with Gasteiger partial charge in [-0.1, -0.05) is 49.7 Å². The van der Waals surface area contributed by atoms with Crippen LogP contribution in [-0.4, -0.2) is 4.98 Å². The molecule has 0 amide bonds. The molecule has 0 aliphatic heterocycles. The van der Waals surface area contributed by atoms with Crippen molar-refractivity contribution in [3.8, 4) is 0 Å². The zero-order valence-electron chi connectivity index (χ0n) is 10.8. The lowest BCUT2D eigenvalue weighted by Gasteiger charge is -2.07. The molecule has 0 radical (unpaired) electrons. The van der Waals surface area contributed by atoms with Crippen LogP contribution in [-0.2, 0) is 0 Å². The molecule has 0 aliphatic rings. The summed E-state index contributed by atoms with van der Waals surface area (Å²) in [6.45, 7) is 2.23. The Balaban J connectivity index is 2.28. The van der Waals surface area contributed by atoms with Gasteiger partial charge in [0.25, 0.3) is 0 Å². The average Bonchev–Trinajstić information content (AvgIpc) is 2.45. The predicted octanol–water partition coefficient (Wildman–Crippen LogP) is 4.81. The van der Waals surface area contributed by atoms with Crippen LogP contribution < -0.4 is 0 Å². The molecule has 0 unspecified atom stereocenters. The Morgan fingerprint density at radius 1 is 1.06 bits per heavy atom. The number of hydrogen-bond donors (Lipinski definition) is 0. The van der Waals surface area contributed by atoms with Crippen molar-refractivity contribution >= 4 is 11.6 Å². The molecule has 1 heteroatoms. The van der Waals surface area contributed by atoms with Crippen LogP contribution >= 0.6 is 0 Å². The summed E-state index contributed by atoms with van der Waals surface area (Å²) in [6, 6.07) is 16.6. The number of pyridine rings is 1. The number of benzene rings is 1. The van der Waals surface area contributed by atoms with Crippen LogP contribution in [0.2, 0.25) is 0 Å². The average molecular weight is 237 g/mol. The first-order chi connectivity index (χ1) is 8.90. The van der Waals surface area contributed by atoms with Crippen LogP contribution in [0.1, 0.15) is 37.4 Å². The number of aromatic nitrogens is 1. The summed E-state index contributed by atoms with van der Waals surface area (Å²) in [5.41, 5.74) is 3.71. The Morgan fingerprint density at radius 3 is 2.50 bits per heavy atom. The molecule has 18 heavy (non-hydrogen) atoms. The van der Waals surface area contributed by atoms with Crippen molar-refractivity contribution in [3.63, 3.8) is 0 Å². The lowest BCUT2D eigenvalue weighted by Crippen LogP contribution is -1.87. The standard InChI is InChI=1S/C17H19N/c1-2-3-9-16(15-10-5-4-6-11-15)14-17-12-7-8-13-18-17/h4-8,10-14H,2-3,9H2,1H3/b16-14+. The second-order valence-corrected chi connectivity index (χ2v) is 4.39. The van der Waals surface area contributed by atoms with Crippen LogP contribution in [0.5, 0.6) is 0 Å². The van der Waals surface area contributed by atoms with Gasteiger partial charge in [0, 0.05) is 6.20 Å². The largest absolute Gasteiger partial charge is 0.257 e. The van der Waals surface area contributed by atoms with Crippen LogP contribution in [0, 0.1) is 0 Å². The third-order valence-corrected chi connectivity index (χ3v) is 2.95. The van der Waals surface area contributed by atoms with Crippen LogP contribution in [0.4, 0.5) is 0 Å². The summed E-state index contributed by atoms with van der Waals surface area (Å²) < 4.78 is 0. The summed E-state index contributed by atoms with van der Waals surface area (Å²) in [5, 5.41) is 0. The number of rotatable bonds is 5. The lowest BCUT2D eigenvalue weighted by molar-refractivity contribution is 0.825. The molecule has 1 aromatic carbocycles. The van der Waals surface area contributed by atoms with Crippen molar-refractivity contribution in [1.29, 1.82) is 0 Å². The van der Waals surface area contributed by atoms with E-state index in [1.54, 1.807) is 0 Å². The molecule has 2 rings (SSSR count). The number of allylic oxidation sites excluding steroid dienone is 1. The topological polar surface area (TPSA) is 12.9 Å². The molecular formula is C17H19N. The van der Waals surface area contributed by atoms with Crippen molar-refractivity contribution in [3.05, 3.63) is 66.0 Å². The van der Waals surface area contributed by atoms with Gasteiger partial charge in [0.15, 0.2) is 0 Å². The molecule has 0 bridgehead atoms. The third kappa shape index (κ3) is 3.56. The maximum atomic E-state index is 4.38. The fourth-order valence-electron chi connectivity index (χ4n) is 1.96. The molecule has 0 N–H and O–H groups in total.